The molecule has 1 aromatic rings. The minimum absolute atomic E-state index is 0.0141. The molecule has 1 N–H and O–H groups in total. The Balaban J connectivity index is 2.28. The molecule has 0 aliphatic carbocycles. The molecule has 0 saturated carbocycles. The Bertz CT molecular complexity index is 484. The first-order valence-electron chi connectivity index (χ1n) is 5.62. The third kappa shape index (κ3) is 2.57. The van der Waals surface area contributed by atoms with E-state index in [0.29, 0.717) is 31.0 Å². The molecule has 0 amide bonds. The molecule has 2 heterocycles. The summed E-state index contributed by atoms with van der Waals surface area (Å²) in [7, 11) is 0. The van der Waals surface area contributed by atoms with E-state index in [9.17, 15) is 4.79 Å². The Kier molecular flexibility index (Phi) is 3.75. The highest BCUT2D eigenvalue weighted by Crippen LogP contribution is 2.24. The molecule has 2 rings (SSSR count). The minimum atomic E-state index is -0.877. The molecule has 6 nitrogen and oxygen atoms in total. The molecule has 0 bridgehead atoms. The van der Waals surface area contributed by atoms with Crippen molar-refractivity contribution in [2.45, 2.75) is 12.5 Å². The predicted octanol–water partition coefficient (Wildman–Crippen LogP) is 0.633. The molecular weight excluding hydrogens is 234 g/mol. The molecule has 1 aromatic heterocycles. The summed E-state index contributed by atoms with van der Waals surface area (Å²) in [6.45, 7) is 1.44. The summed E-state index contributed by atoms with van der Waals surface area (Å²) in [5.41, 5.74) is 1.18. The number of carbonyl (C=O) groups is 1. The highest BCUT2D eigenvalue weighted by molar-refractivity contribution is 5.69. The summed E-state index contributed by atoms with van der Waals surface area (Å²) in [6, 6.07) is 3.47. The normalized spacial score (nSPS) is 19.3. The summed E-state index contributed by atoms with van der Waals surface area (Å²) in [4.78, 5) is 16.7. The number of hydrogen-bond donors (Lipinski definition) is 1. The van der Waals surface area contributed by atoms with E-state index < -0.39 is 5.97 Å². The second-order valence-electron chi connectivity index (χ2n) is 4.02. The highest BCUT2D eigenvalue weighted by Gasteiger charge is 2.27. The van der Waals surface area contributed by atoms with Crippen LogP contribution >= 0.6 is 0 Å². The molecule has 18 heavy (non-hydrogen) atoms. The van der Waals surface area contributed by atoms with Gasteiger partial charge in [0.2, 0.25) is 0 Å². The Hall–Kier alpha value is -2.13. The highest BCUT2D eigenvalue weighted by atomic mass is 16.5. The van der Waals surface area contributed by atoms with E-state index in [1.165, 1.54) is 0 Å². The molecule has 1 aliphatic rings. The molecule has 1 unspecified atom stereocenters. The maximum atomic E-state index is 10.8. The van der Waals surface area contributed by atoms with Gasteiger partial charge in [-0.25, -0.2) is 0 Å². The fraction of sp³-hybridized carbons (Fsp3) is 0.417. The molecule has 6 heteroatoms. The minimum Gasteiger partial charge on any atom is -0.481 e. The van der Waals surface area contributed by atoms with Crippen LogP contribution in [0.5, 0.6) is 0 Å². The number of aromatic nitrogens is 1. The van der Waals surface area contributed by atoms with Crippen molar-refractivity contribution in [2.75, 3.05) is 24.7 Å². The Morgan fingerprint density at radius 1 is 1.72 bits per heavy atom. The average Bonchev–Trinajstić information content (AvgIpc) is 2.39. The lowest BCUT2D eigenvalue weighted by Crippen LogP contribution is -2.47. The van der Waals surface area contributed by atoms with Crippen molar-refractivity contribution in [3.05, 3.63) is 24.0 Å². The SMILES string of the molecule is N#Cc1ccncc1N1CCOCC1CC(=O)O. The zero-order valence-electron chi connectivity index (χ0n) is 9.74. The van der Waals surface area contributed by atoms with Crippen molar-refractivity contribution in [3.8, 4) is 6.07 Å². The lowest BCUT2D eigenvalue weighted by Gasteiger charge is -2.36. The molecule has 1 saturated heterocycles. The van der Waals surface area contributed by atoms with Gasteiger partial charge in [-0.2, -0.15) is 5.26 Å². The van der Waals surface area contributed by atoms with Crippen LogP contribution in [0, 0.1) is 11.3 Å². The quantitative estimate of drug-likeness (QED) is 0.843. The lowest BCUT2D eigenvalue weighted by molar-refractivity contribution is -0.138. The second-order valence-corrected chi connectivity index (χ2v) is 4.02. The molecule has 94 valence electrons. The van der Waals surface area contributed by atoms with Crippen LogP contribution in [0.3, 0.4) is 0 Å². The van der Waals surface area contributed by atoms with Crippen LogP contribution in [0.2, 0.25) is 0 Å². The number of nitrogens with zero attached hydrogens (tertiary/aromatic N) is 3. The molecule has 0 radical (unpaired) electrons. The molecule has 0 aromatic carbocycles. The third-order valence-electron chi connectivity index (χ3n) is 2.87. The van der Waals surface area contributed by atoms with Crippen LogP contribution in [0.4, 0.5) is 5.69 Å². The first-order chi connectivity index (χ1) is 8.72. The van der Waals surface area contributed by atoms with Gasteiger partial charge in [0.1, 0.15) is 6.07 Å². The summed E-state index contributed by atoms with van der Waals surface area (Å²) in [5.74, 6) is -0.877. The number of nitriles is 1. The Labute approximate surface area is 104 Å². The van der Waals surface area contributed by atoms with Crippen molar-refractivity contribution in [1.29, 1.82) is 5.26 Å². The van der Waals surface area contributed by atoms with E-state index in [0.717, 1.165) is 0 Å². The molecule has 1 fully saturated rings. The lowest BCUT2D eigenvalue weighted by atomic mass is 10.1. The van der Waals surface area contributed by atoms with Gasteiger partial charge in [-0.05, 0) is 6.07 Å². The van der Waals surface area contributed by atoms with Crippen LogP contribution in [-0.4, -0.2) is 41.9 Å². The number of anilines is 1. The van der Waals surface area contributed by atoms with Gasteiger partial charge in [0.05, 0.1) is 43.1 Å². The first-order valence-corrected chi connectivity index (χ1v) is 5.62. The topological polar surface area (TPSA) is 86.5 Å². The smallest absolute Gasteiger partial charge is 0.305 e. The van der Waals surface area contributed by atoms with E-state index in [1.807, 2.05) is 4.90 Å². The number of carboxylic acid groups (broad SMARTS) is 1. The number of carboxylic acids is 1. The van der Waals surface area contributed by atoms with Gasteiger partial charge in [0.15, 0.2) is 0 Å². The van der Waals surface area contributed by atoms with Crippen molar-refractivity contribution in [1.82, 2.24) is 4.98 Å². The molecule has 1 atom stereocenters. The van der Waals surface area contributed by atoms with Crippen LogP contribution in [0.25, 0.3) is 0 Å². The van der Waals surface area contributed by atoms with Crippen LogP contribution in [-0.2, 0) is 9.53 Å². The second kappa shape index (κ2) is 5.47. The molecule has 0 spiro atoms. The maximum absolute atomic E-state index is 10.8. The van der Waals surface area contributed by atoms with Gasteiger partial charge in [-0.1, -0.05) is 0 Å². The average molecular weight is 247 g/mol. The van der Waals surface area contributed by atoms with Gasteiger partial charge in [-0.3, -0.25) is 9.78 Å². The van der Waals surface area contributed by atoms with Gasteiger partial charge in [0, 0.05) is 12.7 Å². The van der Waals surface area contributed by atoms with Crippen molar-refractivity contribution in [3.63, 3.8) is 0 Å². The zero-order chi connectivity index (χ0) is 13.0. The van der Waals surface area contributed by atoms with Crippen molar-refractivity contribution in [2.24, 2.45) is 0 Å². The Morgan fingerprint density at radius 2 is 2.56 bits per heavy atom. The fourth-order valence-electron chi connectivity index (χ4n) is 2.05. The summed E-state index contributed by atoms with van der Waals surface area (Å²) >= 11 is 0. The molecule has 1 aliphatic heterocycles. The van der Waals surface area contributed by atoms with E-state index in [2.05, 4.69) is 11.1 Å². The van der Waals surface area contributed by atoms with Crippen LogP contribution in [0.15, 0.2) is 18.5 Å². The predicted molar refractivity (Wildman–Crippen MR) is 63.2 cm³/mol. The summed E-state index contributed by atoms with van der Waals surface area (Å²) in [6.07, 6.45) is 3.13. The van der Waals surface area contributed by atoms with Gasteiger partial charge >= 0.3 is 5.97 Å². The van der Waals surface area contributed by atoms with Crippen molar-refractivity contribution >= 4 is 11.7 Å². The number of ether oxygens (including phenoxy) is 1. The summed E-state index contributed by atoms with van der Waals surface area (Å²) < 4.78 is 5.30. The van der Waals surface area contributed by atoms with Gasteiger partial charge < -0.3 is 14.7 Å². The number of morpholine rings is 1. The fourth-order valence-corrected chi connectivity index (χ4v) is 2.05. The zero-order valence-corrected chi connectivity index (χ0v) is 9.74. The van der Waals surface area contributed by atoms with Gasteiger partial charge in [0.25, 0.3) is 0 Å². The number of pyridine rings is 1. The van der Waals surface area contributed by atoms with E-state index >= 15 is 0 Å². The summed E-state index contributed by atoms with van der Waals surface area (Å²) in [5, 5.41) is 18.0. The van der Waals surface area contributed by atoms with E-state index in [-0.39, 0.29) is 12.5 Å². The van der Waals surface area contributed by atoms with Crippen LogP contribution < -0.4 is 4.90 Å². The van der Waals surface area contributed by atoms with E-state index in [1.54, 1.807) is 18.5 Å². The third-order valence-corrected chi connectivity index (χ3v) is 2.87. The largest absolute Gasteiger partial charge is 0.481 e. The standard InChI is InChI=1S/C12H13N3O3/c13-6-9-1-2-14-7-11(9)15-3-4-18-8-10(15)5-12(16)17/h1-2,7,10H,3-5,8H2,(H,16,17). The van der Waals surface area contributed by atoms with E-state index in [4.69, 9.17) is 15.1 Å². The number of hydrogen-bond acceptors (Lipinski definition) is 5. The monoisotopic (exact) mass is 247 g/mol. The number of aliphatic carboxylic acids is 1. The van der Waals surface area contributed by atoms with Gasteiger partial charge in [-0.15, -0.1) is 0 Å². The first kappa shape index (κ1) is 12.3. The van der Waals surface area contributed by atoms with Crippen LogP contribution in [0.1, 0.15) is 12.0 Å². The number of rotatable bonds is 3. The van der Waals surface area contributed by atoms with Crippen molar-refractivity contribution < 1.29 is 14.6 Å². The maximum Gasteiger partial charge on any atom is 0.305 e. The molecular formula is C12H13N3O3. The Morgan fingerprint density at radius 3 is 3.28 bits per heavy atom.